The maximum Gasteiger partial charge on any atom is 0.246 e. The molecule has 0 aliphatic heterocycles. The fourth-order valence-corrected chi connectivity index (χ4v) is 2.68. The lowest BCUT2D eigenvalue weighted by molar-refractivity contribution is -0.126. The summed E-state index contributed by atoms with van der Waals surface area (Å²) in [6.07, 6.45) is 3.37. The molecule has 104 valence electrons. The quantitative estimate of drug-likeness (QED) is 0.690. The number of anilines is 1. The third kappa shape index (κ3) is 3.48. The summed E-state index contributed by atoms with van der Waals surface area (Å²) in [6, 6.07) is 11.6. The number of likely N-dealkylation sites (N-methyl/N-ethyl adjacent to an activating group) is 1. The van der Waals surface area contributed by atoms with E-state index in [0.29, 0.717) is 5.69 Å². The van der Waals surface area contributed by atoms with Crippen molar-refractivity contribution in [3.63, 3.8) is 0 Å². The number of benzene rings is 1. The Balaban J connectivity index is 2.04. The molecule has 0 aliphatic carbocycles. The number of carbonyl (C=O) groups is 1. The van der Waals surface area contributed by atoms with Crippen LogP contribution < -0.4 is 5.73 Å². The molecule has 1 heterocycles. The van der Waals surface area contributed by atoms with Gasteiger partial charge in [0.25, 0.3) is 0 Å². The molecule has 1 aromatic heterocycles. The van der Waals surface area contributed by atoms with Gasteiger partial charge in [0.05, 0.1) is 6.04 Å². The Labute approximate surface area is 123 Å². The molecule has 2 rings (SSSR count). The molecule has 0 saturated carbocycles. The van der Waals surface area contributed by atoms with Crippen LogP contribution in [0.25, 0.3) is 6.08 Å². The SMILES string of the molecule is CC(c1cccs1)N(C)C(=O)/C=C/c1cccc(N)c1. The van der Waals surface area contributed by atoms with Gasteiger partial charge in [-0.3, -0.25) is 4.79 Å². The number of amides is 1. The summed E-state index contributed by atoms with van der Waals surface area (Å²) in [7, 11) is 1.82. The van der Waals surface area contributed by atoms with Crippen molar-refractivity contribution < 1.29 is 4.79 Å². The van der Waals surface area contributed by atoms with Gasteiger partial charge in [0, 0.05) is 23.7 Å². The van der Waals surface area contributed by atoms with Gasteiger partial charge in [0.15, 0.2) is 0 Å². The van der Waals surface area contributed by atoms with Crippen LogP contribution in [0.1, 0.15) is 23.4 Å². The molecule has 4 heteroatoms. The number of rotatable bonds is 4. The molecule has 0 bridgehead atoms. The molecule has 2 N–H and O–H groups in total. The summed E-state index contributed by atoms with van der Waals surface area (Å²) in [5.41, 5.74) is 7.33. The smallest absolute Gasteiger partial charge is 0.246 e. The lowest BCUT2D eigenvalue weighted by Gasteiger charge is -2.22. The van der Waals surface area contributed by atoms with E-state index in [1.165, 1.54) is 4.88 Å². The first-order valence-corrected chi connectivity index (χ1v) is 7.29. The van der Waals surface area contributed by atoms with E-state index in [4.69, 9.17) is 5.73 Å². The van der Waals surface area contributed by atoms with Crippen LogP contribution in [0.15, 0.2) is 47.9 Å². The standard InChI is InChI=1S/C16H18N2OS/c1-12(15-7-4-10-20-15)18(2)16(19)9-8-13-5-3-6-14(17)11-13/h3-12H,17H2,1-2H3/b9-8+. The van der Waals surface area contributed by atoms with E-state index in [-0.39, 0.29) is 11.9 Å². The van der Waals surface area contributed by atoms with Crippen LogP contribution >= 0.6 is 11.3 Å². The van der Waals surface area contributed by atoms with Gasteiger partial charge in [-0.05, 0) is 42.1 Å². The highest BCUT2D eigenvalue weighted by Crippen LogP contribution is 2.23. The highest BCUT2D eigenvalue weighted by molar-refractivity contribution is 7.10. The van der Waals surface area contributed by atoms with E-state index in [0.717, 1.165) is 5.56 Å². The van der Waals surface area contributed by atoms with Gasteiger partial charge in [-0.2, -0.15) is 0 Å². The predicted molar refractivity (Wildman–Crippen MR) is 85.4 cm³/mol. The Hall–Kier alpha value is -2.07. The average Bonchev–Trinajstić information content (AvgIpc) is 2.97. The molecule has 1 atom stereocenters. The fourth-order valence-electron chi connectivity index (χ4n) is 1.86. The minimum absolute atomic E-state index is 0.0201. The van der Waals surface area contributed by atoms with Gasteiger partial charge in [-0.1, -0.05) is 18.2 Å². The lowest BCUT2D eigenvalue weighted by Crippen LogP contribution is -2.27. The van der Waals surface area contributed by atoms with E-state index in [1.807, 2.05) is 55.7 Å². The number of thiophene rings is 1. The fraction of sp³-hybridized carbons (Fsp3) is 0.188. The van der Waals surface area contributed by atoms with Crippen LogP contribution in [0.3, 0.4) is 0 Å². The zero-order valence-electron chi connectivity index (χ0n) is 11.6. The number of nitrogens with two attached hydrogens (primary N) is 1. The van der Waals surface area contributed by atoms with E-state index < -0.39 is 0 Å². The van der Waals surface area contributed by atoms with Crippen molar-refractivity contribution in [3.8, 4) is 0 Å². The third-order valence-corrected chi connectivity index (χ3v) is 4.26. The number of carbonyl (C=O) groups excluding carboxylic acids is 1. The molecular formula is C16H18N2OS. The molecule has 0 saturated heterocycles. The summed E-state index contributed by atoms with van der Waals surface area (Å²) < 4.78 is 0. The molecule has 20 heavy (non-hydrogen) atoms. The summed E-state index contributed by atoms with van der Waals surface area (Å²) in [4.78, 5) is 15.1. The summed E-state index contributed by atoms with van der Waals surface area (Å²) in [5.74, 6) is -0.0201. The molecule has 1 amide bonds. The van der Waals surface area contributed by atoms with Crippen molar-refractivity contribution in [1.82, 2.24) is 4.90 Å². The molecule has 0 radical (unpaired) electrons. The van der Waals surface area contributed by atoms with E-state index in [1.54, 1.807) is 28.4 Å². The van der Waals surface area contributed by atoms with Gasteiger partial charge >= 0.3 is 0 Å². The van der Waals surface area contributed by atoms with Gasteiger partial charge in [-0.15, -0.1) is 11.3 Å². The first-order valence-electron chi connectivity index (χ1n) is 6.42. The van der Waals surface area contributed by atoms with Crippen molar-refractivity contribution in [2.45, 2.75) is 13.0 Å². The van der Waals surface area contributed by atoms with Crippen molar-refractivity contribution in [2.75, 3.05) is 12.8 Å². The van der Waals surface area contributed by atoms with Gasteiger partial charge in [0.2, 0.25) is 5.91 Å². The second-order valence-corrected chi connectivity index (χ2v) is 5.62. The lowest BCUT2D eigenvalue weighted by atomic mass is 10.2. The first-order chi connectivity index (χ1) is 9.58. The summed E-state index contributed by atoms with van der Waals surface area (Å²) >= 11 is 1.66. The minimum atomic E-state index is -0.0201. The number of nitrogen functional groups attached to an aromatic ring is 1. The molecule has 2 aromatic rings. The molecule has 3 nitrogen and oxygen atoms in total. The van der Waals surface area contributed by atoms with E-state index in [9.17, 15) is 4.79 Å². The first kappa shape index (κ1) is 14.3. The highest BCUT2D eigenvalue weighted by Gasteiger charge is 2.15. The van der Waals surface area contributed by atoms with Crippen LogP contribution in [0.2, 0.25) is 0 Å². The molecule has 0 fully saturated rings. The predicted octanol–water partition coefficient (Wildman–Crippen LogP) is 3.56. The minimum Gasteiger partial charge on any atom is -0.399 e. The highest BCUT2D eigenvalue weighted by atomic mass is 32.1. The van der Waals surface area contributed by atoms with Gasteiger partial charge in [-0.25, -0.2) is 0 Å². The summed E-state index contributed by atoms with van der Waals surface area (Å²) in [5, 5.41) is 2.02. The molecular weight excluding hydrogens is 268 g/mol. The Bertz CT molecular complexity index is 605. The Morgan fingerprint density at radius 2 is 2.15 bits per heavy atom. The number of hydrogen-bond acceptors (Lipinski definition) is 3. The van der Waals surface area contributed by atoms with Crippen LogP contribution in [0.4, 0.5) is 5.69 Å². The summed E-state index contributed by atoms with van der Waals surface area (Å²) in [6.45, 7) is 2.03. The van der Waals surface area contributed by atoms with Crippen LogP contribution in [0, 0.1) is 0 Å². The van der Waals surface area contributed by atoms with Crippen molar-refractivity contribution in [1.29, 1.82) is 0 Å². The Kier molecular flexibility index (Phi) is 4.58. The topological polar surface area (TPSA) is 46.3 Å². The second kappa shape index (κ2) is 6.39. The molecule has 1 aromatic carbocycles. The van der Waals surface area contributed by atoms with Gasteiger partial charge in [0.1, 0.15) is 0 Å². The van der Waals surface area contributed by atoms with Crippen molar-refractivity contribution in [2.24, 2.45) is 0 Å². The zero-order valence-corrected chi connectivity index (χ0v) is 12.4. The van der Waals surface area contributed by atoms with Crippen molar-refractivity contribution in [3.05, 3.63) is 58.3 Å². The maximum atomic E-state index is 12.2. The monoisotopic (exact) mass is 286 g/mol. The van der Waals surface area contributed by atoms with Crippen LogP contribution in [-0.4, -0.2) is 17.9 Å². The Morgan fingerprint density at radius 1 is 1.35 bits per heavy atom. The third-order valence-electron chi connectivity index (χ3n) is 3.21. The van der Waals surface area contributed by atoms with E-state index in [2.05, 4.69) is 0 Å². The molecule has 0 aliphatic rings. The number of hydrogen-bond donors (Lipinski definition) is 1. The number of nitrogens with zero attached hydrogens (tertiary/aromatic N) is 1. The largest absolute Gasteiger partial charge is 0.399 e. The normalized spacial score (nSPS) is 12.5. The Morgan fingerprint density at radius 3 is 2.80 bits per heavy atom. The zero-order chi connectivity index (χ0) is 14.5. The maximum absolute atomic E-state index is 12.2. The average molecular weight is 286 g/mol. The second-order valence-electron chi connectivity index (χ2n) is 4.64. The van der Waals surface area contributed by atoms with Crippen LogP contribution in [-0.2, 0) is 4.79 Å². The van der Waals surface area contributed by atoms with Gasteiger partial charge < -0.3 is 10.6 Å². The molecule has 1 unspecified atom stereocenters. The van der Waals surface area contributed by atoms with Crippen LogP contribution in [0.5, 0.6) is 0 Å². The van der Waals surface area contributed by atoms with E-state index >= 15 is 0 Å². The van der Waals surface area contributed by atoms with Crippen molar-refractivity contribution >= 4 is 29.0 Å². The molecule has 0 spiro atoms.